The van der Waals surface area contributed by atoms with E-state index in [4.69, 9.17) is 16.3 Å². The van der Waals surface area contributed by atoms with Crippen molar-refractivity contribution in [3.63, 3.8) is 0 Å². The van der Waals surface area contributed by atoms with Crippen LogP contribution in [-0.4, -0.2) is 40.0 Å². The Morgan fingerprint density at radius 3 is 2.74 bits per heavy atom. The monoisotopic (exact) mass is 281 g/mol. The highest BCUT2D eigenvalue weighted by Gasteiger charge is 2.35. The summed E-state index contributed by atoms with van der Waals surface area (Å²) >= 11 is 5.73. The minimum absolute atomic E-state index is 0.0161. The zero-order valence-corrected chi connectivity index (χ0v) is 11.3. The van der Waals surface area contributed by atoms with Crippen molar-refractivity contribution < 1.29 is 9.53 Å². The molecule has 102 valence electrons. The van der Waals surface area contributed by atoms with Gasteiger partial charge in [-0.15, -0.1) is 0 Å². The number of hydrogen-bond donors (Lipinski definition) is 0. The van der Waals surface area contributed by atoms with Crippen LogP contribution in [0.25, 0.3) is 0 Å². The maximum absolute atomic E-state index is 12.0. The fraction of sp³-hybridized carbons (Fsp3) is 0.615. The summed E-state index contributed by atoms with van der Waals surface area (Å²) in [6.45, 7) is 1.48. The van der Waals surface area contributed by atoms with Crippen LogP contribution in [0.2, 0.25) is 5.02 Å². The first kappa shape index (κ1) is 12.7. The molecule has 6 heteroatoms. The summed E-state index contributed by atoms with van der Waals surface area (Å²) in [4.78, 5) is 22.0. The van der Waals surface area contributed by atoms with E-state index in [2.05, 4.69) is 9.97 Å². The van der Waals surface area contributed by atoms with Gasteiger partial charge in [-0.1, -0.05) is 11.6 Å². The Hall–Kier alpha value is -1.36. The van der Waals surface area contributed by atoms with Crippen LogP contribution < -0.4 is 4.74 Å². The molecule has 0 bridgehead atoms. The van der Waals surface area contributed by atoms with E-state index in [9.17, 15) is 4.79 Å². The minimum atomic E-state index is -0.0161. The van der Waals surface area contributed by atoms with E-state index in [0.29, 0.717) is 17.6 Å². The topological polar surface area (TPSA) is 55.3 Å². The van der Waals surface area contributed by atoms with E-state index in [1.54, 1.807) is 0 Å². The SMILES string of the molecule is O=C(C1CC1)N1CCC[C@H](Oc2ncc(Cl)cn2)C1. The smallest absolute Gasteiger partial charge is 0.316 e. The molecule has 1 aliphatic heterocycles. The number of amides is 1. The number of hydrogen-bond acceptors (Lipinski definition) is 4. The molecule has 19 heavy (non-hydrogen) atoms. The molecule has 2 aliphatic rings. The molecule has 1 aliphatic carbocycles. The van der Waals surface area contributed by atoms with Gasteiger partial charge in [-0.25, -0.2) is 9.97 Å². The average Bonchev–Trinajstić information content (AvgIpc) is 3.25. The van der Waals surface area contributed by atoms with Crippen molar-refractivity contribution in [1.82, 2.24) is 14.9 Å². The van der Waals surface area contributed by atoms with E-state index < -0.39 is 0 Å². The molecule has 1 saturated carbocycles. The van der Waals surface area contributed by atoms with Gasteiger partial charge in [0, 0.05) is 12.5 Å². The molecule has 2 heterocycles. The van der Waals surface area contributed by atoms with Gasteiger partial charge in [-0.2, -0.15) is 0 Å². The van der Waals surface area contributed by atoms with Crippen molar-refractivity contribution in [2.45, 2.75) is 31.8 Å². The molecular formula is C13H16ClN3O2. The summed E-state index contributed by atoms with van der Waals surface area (Å²) in [6, 6.07) is 0.329. The molecule has 0 radical (unpaired) electrons. The molecule has 0 unspecified atom stereocenters. The Morgan fingerprint density at radius 1 is 1.32 bits per heavy atom. The molecule has 3 rings (SSSR count). The number of carbonyl (C=O) groups is 1. The molecule has 5 nitrogen and oxygen atoms in total. The summed E-state index contributed by atoms with van der Waals surface area (Å²) in [6.07, 6.45) is 7.00. The van der Waals surface area contributed by atoms with Crippen LogP contribution in [0.5, 0.6) is 6.01 Å². The Kier molecular flexibility index (Phi) is 3.55. The largest absolute Gasteiger partial charge is 0.458 e. The lowest BCUT2D eigenvalue weighted by Crippen LogP contribution is -2.45. The van der Waals surface area contributed by atoms with Crippen molar-refractivity contribution in [3.05, 3.63) is 17.4 Å². The molecule has 0 N–H and O–H groups in total. The van der Waals surface area contributed by atoms with Crippen LogP contribution in [0.3, 0.4) is 0 Å². The molecule has 0 spiro atoms. The van der Waals surface area contributed by atoms with Crippen LogP contribution in [0.1, 0.15) is 25.7 Å². The zero-order valence-electron chi connectivity index (χ0n) is 10.6. The second-order valence-corrected chi connectivity index (χ2v) is 5.56. The van der Waals surface area contributed by atoms with Crippen molar-refractivity contribution in [3.8, 4) is 6.01 Å². The first-order valence-corrected chi connectivity index (χ1v) is 7.03. The van der Waals surface area contributed by atoms with E-state index in [0.717, 1.165) is 32.2 Å². The number of nitrogens with zero attached hydrogens (tertiary/aromatic N) is 3. The molecule has 1 aromatic rings. The molecule has 1 amide bonds. The van der Waals surface area contributed by atoms with Gasteiger partial charge in [0.15, 0.2) is 0 Å². The molecule has 1 atom stereocenters. The number of carbonyl (C=O) groups excluding carboxylic acids is 1. The first-order chi connectivity index (χ1) is 9.22. The van der Waals surface area contributed by atoms with Gasteiger partial charge in [0.1, 0.15) is 6.10 Å². The fourth-order valence-corrected chi connectivity index (χ4v) is 2.43. The van der Waals surface area contributed by atoms with Crippen molar-refractivity contribution in [1.29, 1.82) is 0 Å². The highest BCUT2D eigenvalue weighted by molar-refractivity contribution is 6.30. The summed E-state index contributed by atoms with van der Waals surface area (Å²) in [5.41, 5.74) is 0. The van der Waals surface area contributed by atoms with Gasteiger partial charge in [-0.3, -0.25) is 4.79 Å². The van der Waals surface area contributed by atoms with Gasteiger partial charge >= 0.3 is 6.01 Å². The van der Waals surface area contributed by atoms with Crippen LogP contribution in [0.4, 0.5) is 0 Å². The van der Waals surface area contributed by atoms with E-state index in [-0.39, 0.29) is 17.9 Å². The average molecular weight is 282 g/mol. The fourth-order valence-electron chi connectivity index (χ4n) is 2.33. The van der Waals surface area contributed by atoms with Gasteiger partial charge in [-0.05, 0) is 25.7 Å². The maximum Gasteiger partial charge on any atom is 0.316 e. The normalized spacial score (nSPS) is 23.2. The summed E-state index contributed by atoms with van der Waals surface area (Å²) < 4.78 is 5.72. The lowest BCUT2D eigenvalue weighted by atomic mass is 10.1. The van der Waals surface area contributed by atoms with E-state index in [1.807, 2.05) is 4.90 Å². The lowest BCUT2D eigenvalue weighted by Gasteiger charge is -2.32. The Morgan fingerprint density at radius 2 is 2.05 bits per heavy atom. The van der Waals surface area contributed by atoms with Crippen LogP contribution in [-0.2, 0) is 4.79 Å². The molecule has 2 fully saturated rings. The van der Waals surface area contributed by atoms with Crippen LogP contribution in [0, 0.1) is 5.92 Å². The molecule has 1 aromatic heterocycles. The summed E-state index contributed by atoms with van der Waals surface area (Å²) in [7, 11) is 0. The highest BCUT2D eigenvalue weighted by atomic mass is 35.5. The van der Waals surface area contributed by atoms with Gasteiger partial charge in [0.05, 0.1) is 24.0 Å². The molecule has 0 aromatic carbocycles. The second-order valence-electron chi connectivity index (χ2n) is 5.12. The molecule has 1 saturated heterocycles. The van der Waals surface area contributed by atoms with Crippen molar-refractivity contribution in [2.24, 2.45) is 5.92 Å². The van der Waals surface area contributed by atoms with Gasteiger partial charge < -0.3 is 9.64 Å². The standard InChI is InChI=1S/C13H16ClN3O2/c14-10-6-15-13(16-7-10)19-11-2-1-5-17(8-11)12(18)9-3-4-9/h6-7,9,11H,1-5,8H2/t11-/m0/s1. The Labute approximate surface area is 116 Å². The summed E-state index contributed by atoms with van der Waals surface area (Å²) in [5, 5.41) is 0.488. The Balaban J connectivity index is 1.58. The van der Waals surface area contributed by atoms with Gasteiger partial charge in [0.25, 0.3) is 0 Å². The number of halogens is 1. The number of likely N-dealkylation sites (tertiary alicyclic amines) is 1. The predicted molar refractivity (Wildman–Crippen MR) is 70.0 cm³/mol. The third-order valence-electron chi connectivity index (χ3n) is 3.49. The van der Waals surface area contributed by atoms with E-state index >= 15 is 0 Å². The highest BCUT2D eigenvalue weighted by Crippen LogP contribution is 2.32. The maximum atomic E-state index is 12.0. The number of ether oxygens (including phenoxy) is 1. The summed E-state index contributed by atoms with van der Waals surface area (Å²) in [5.74, 6) is 0.552. The third kappa shape index (κ3) is 3.15. The third-order valence-corrected chi connectivity index (χ3v) is 3.68. The quantitative estimate of drug-likeness (QED) is 0.849. The second kappa shape index (κ2) is 5.33. The number of rotatable bonds is 3. The van der Waals surface area contributed by atoms with Crippen LogP contribution >= 0.6 is 11.6 Å². The zero-order chi connectivity index (χ0) is 13.2. The van der Waals surface area contributed by atoms with Gasteiger partial charge in [0.2, 0.25) is 5.91 Å². The minimum Gasteiger partial charge on any atom is -0.458 e. The van der Waals surface area contributed by atoms with E-state index in [1.165, 1.54) is 12.4 Å². The van der Waals surface area contributed by atoms with Crippen LogP contribution in [0.15, 0.2) is 12.4 Å². The van der Waals surface area contributed by atoms with Crippen molar-refractivity contribution >= 4 is 17.5 Å². The number of aromatic nitrogens is 2. The number of piperidine rings is 1. The molecular weight excluding hydrogens is 266 g/mol. The predicted octanol–water partition coefficient (Wildman–Crippen LogP) is 1.91. The first-order valence-electron chi connectivity index (χ1n) is 6.65. The van der Waals surface area contributed by atoms with Crippen molar-refractivity contribution in [2.75, 3.05) is 13.1 Å². The Bertz CT molecular complexity index is 461. The lowest BCUT2D eigenvalue weighted by molar-refractivity contribution is -0.135.